The molecule has 0 spiro atoms. The summed E-state index contributed by atoms with van der Waals surface area (Å²) in [6.45, 7) is 3.78. The van der Waals surface area contributed by atoms with E-state index in [1.807, 2.05) is 19.9 Å². The third-order valence-corrected chi connectivity index (χ3v) is 4.74. The molecule has 0 aliphatic heterocycles. The summed E-state index contributed by atoms with van der Waals surface area (Å²) in [4.78, 5) is 23.7. The number of hydrogen-bond acceptors (Lipinski definition) is 7. The maximum Gasteiger partial charge on any atom is 0.421 e. The van der Waals surface area contributed by atoms with Crippen molar-refractivity contribution in [2.24, 2.45) is 0 Å². The number of carbonyl (C=O) groups excluding carboxylic acids is 1. The number of thiol groups is 1. The molecule has 0 aliphatic carbocycles. The van der Waals surface area contributed by atoms with Crippen LogP contribution in [0.1, 0.15) is 19.4 Å². The lowest BCUT2D eigenvalue weighted by atomic mass is 10.2. The van der Waals surface area contributed by atoms with E-state index in [-0.39, 0.29) is 6.04 Å². The Balaban J connectivity index is 1.84. The second-order valence-corrected chi connectivity index (χ2v) is 7.50. The molecule has 0 saturated carbocycles. The lowest BCUT2D eigenvalue weighted by molar-refractivity contribution is 0.205. The van der Waals surface area contributed by atoms with Crippen LogP contribution >= 0.6 is 24.0 Å². The van der Waals surface area contributed by atoms with E-state index in [4.69, 9.17) is 10.00 Å². The number of anilines is 1. The molecule has 0 atom stereocenters. The van der Waals surface area contributed by atoms with E-state index in [2.05, 4.69) is 28.7 Å². The molecule has 26 heavy (non-hydrogen) atoms. The normalized spacial score (nSPS) is 10.7. The van der Waals surface area contributed by atoms with Gasteiger partial charge in [0.2, 0.25) is 0 Å². The van der Waals surface area contributed by atoms with Crippen molar-refractivity contribution < 1.29 is 9.53 Å². The van der Waals surface area contributed by atoms with Crippen LogP contribution in [0.5, 0.6) is 5.75 Å². The number of thiazole rings is 1. The van der Waals surface area contributed by atoms with Crippen LogP contribution in [0.3, 0.4) is 0 Å². The molecule has 6 nitrogen and oxygen atoms in total. The third kappa shape index (κ3) is 3.95. The number of benzene rings is 1. The Morgan fingerprint density at radius 3 is 2.65 bits per heavy atom. The number of amides is 1. The Hall–Kier alpha value is -2.63. The first kappa shape index (κ1) is 18.2. The molecule has 132 valence electrons. The average Bonchev–Trinajstić information content (AvgIpc) is 2.96. The fourth-order valence-electron chi connectivity index (χ4n) is 2.42. The first-order valence-corrected chi connectivity index (χ1v) is 9.18. The zero-order valence-electron chi connectivity index (χ0n) is 14.2. The fraction of sp³-hybridized carbons (Fsp3) is 0.222. The van der Waals surface area contributed by atoms with Gasteiger partial charge in [-0.1, -0.05) is 23.5 Å². The molecule has 0 unspecified atom stereocenters. The first-order valence-electron chi connectivity index (χ1n) is 7.91. The van der Waals surface area contributed by atoms with Crippen molar-refractivity contribution in [2.45, 2.75) is 30.6 Å². The van der Waals surface area contributed by atoms with Crippen LogP contribution in [0.4, 0.5) is 10.6 Å². The number of fused-ring (bicyclic) bond motifs is 1. The van der Waals surface area contributed by atoms with E-state index < -0.39 is 6.09 Å². The Morgan fingerprint density at radius 2 is 2.00 bits per heavy atom. The molecule has 8 heteroatoms. The van der Waals surface area contributed by atoms with Gasteiger partial charge in [-0.2, -0.15) is 5.26 Å². The predicted octanol–water partition coefficient (Wildman–Crippen LogP) is 4.46. The van der Waals surface area contributed by atoms with E-state index in [1.165, 1.54) is 16.2 Å². The van der Waals surface area contributed by atoms with Gasteiger partial charge in [0.15, 0.2) is 0 Å². The van der Waals surface area contributed by atoms with Crippen LogP contribution in [0, 0.1) is 11.3 Å². The van der Waals surface area contributed by atoms with Crippen molar-refractivity contribution in [1.29, 1.82) is 5.26 Å². The van der Waals surface area contributed by atoms with Crippen LogP contribution in [0.15, 0.2) is 40.7 Å². The van der Waals surface area contributed by atoms with Gasteiger partial charge < -0.3 is 4.74 Å². The first-order chi connectivity index (χ1) is 12.5. The Kier molecular flexibility index (Phi) is 5.40. The fourth-order valence-corrected chi connectivity index (χ4v) is 3.46. The lowest BCUT2D eigenvalue weighted by Gasteiger charge is -2.24. The number of carbonyl (C=O) groups is 1. The highest BCUT2D eigenvalue weighted by Gasteiger charge is 2.23. The molecule has 0 N–H and O–H groups in total. The maximum atomic E-state index is 12.7. The van der Waals surface area contributed by atoms with Crippen LogP contribution in [0.2, 0.25) is 0 Å². The van der Waals surface area contributed by atoms with Crippen molar-refractivity contribution >= 4 is 46.2 Å². The number of nitriles is 1. The number of pyridine rings is 1. The van der Waals surface area contributed by atoms with Gasteiger partial charge in [0.1, 0.15) is 26.3 Å². The summed E-state index contributed by atoms with van der Waals surface area (Å²) in [5.74, 6) is 0.912. The van der Waals surface area contributed by atoms with Gasteiger partial charge in [-0.05, 0) is 43.7 Å². The SMILES string of the molecule is CC(C)N(C(=O)Oc1ccc(CC#N)cc1)c1ccc2nc(S)sc2n1. The molecule has 2 heterocycles. The van der Waals surface area contributed by atoms with Crippen molar-refractivity contribution in [3.8, 4) is 11.8 Å². The number of nitrogens with zero attached hydrogens (tertiary/aromatic N) is 4. The van der Waals surface area contributed by atoms with Gasteiger partial charge in [0.05, 0.1) is 12.5 Å². The quantitative estimate of drug-likeness (QED) is 0.672. The predicted molar refractivity (Wildman–Crippen MR) is 104 cm³/mol. The smallest absolute Gasteiger partial charge is 0.410 e. The Labute approximate surface area is 160 Å². The van der Waals surface area contributed by atoms with E-state index in [9.17, 15) is 4.79 Å². The van der Waals surface area contributed by atoms with E-state index in [0.29, 0.717) is 27.2 Å². The third-order valence-electron chi connectivity index (χ3n) is 3.60. The van der Waals surface area contributed by atoms with Gasteiger partial charge in [-0.3, -0.25) is 4.90 Å². The standard InChI is InChI=1S/C18H16N4O2S2/c1-11(2)22(15-8-7-14-16(21-15)26-17(25)20-14)18(23)24-13-5-3-12(4-6-13)9-10-19/h3-8,11H,9H2,1-2H3,(H,20,25). The minimum Gasteiger partial charge on any atom is -0.410 e. The second kappa shape index (κ2) is 7.72. The van der Waals surface area contributed by atoms with Crippen molar-refractivity contribution in [3.63, 3.8) is 0 Å². The summed E-state index contributed by atoms with van der Waals surface area (Å²) in [6.07, 6.45) is -0.200. The van der Waals surface area contributed by atoms with Crippen molar-refractivity contribution in [2.75, 3.05) is 4.90 Å². The molecule has 0 saturated heterocycles. The summed E-state index contributed by atoms with van der Waals surface area (Å²) in [6, 6.07) is 12.4. The number of hydrogen-bond donors (Lipinski definition) is 1. The van der Waals surface area contributed by atoms with E-state index >= 15 is 0 Å². The van der Waals surface area contributed by atoms with Crippen LogP contribution < -0.4 is 9.64 Å². The van der Waals surface area contributed by atoms with Gasteiger partial charge in [0, 0.05) is 6.04 Å². The van der Waals surface area contributed by atoms with Crippen LogP contribution in [0.25, 0.3) is 10.3 Å². The molecule has 0 fully saturated rings. The molecule has 0 aliphatic rings. The lowest BCUT2D eigenvalue weighted by Crippen LogP contribution is -2.39. The van der Waals surface area contributed by atoms with Crippen molar-refractivity contribution in [1.82, 2.24) is 9.97 Å². The molecule has 1 amide bonds. The summed E-state index contributed by atoms with van der Waals surface area (Å²) in [5, 5.41) is 8.71. The van der Waals surface area contributed by atoms with E-state index in [1.54, 1.807) is 30.3 Å². The highest BCUT2D eigenvalue weighted by atomic mass is 32.2. The molecule has 1 aromatic carbocycles. The molecular weight excluding hydrogens is 368 g/mol. The molecule has 2 aromatic heterocycles. The summed E-state index contributed by atoms with van der Waals surface area (Å²) in [5.41, 5.74) is 1.61. The average molecular weight is 384 g/mol. The summed E-state index contributed by atoms with van der Waals surface area (Å²) < 4.78 is 6.11. The molecule has 0 bridgehead atoms. The minimum atomic E-state index is -0.518. The number of aromatic nitrogens is 2. The second-order valence-electron chi connectivity index (χ2n) is 5.80. The number of rotatable bonds is 4. The van der Waals surface area contributed by atoms with Crippen LogP contribution in [-0.4, -0.2) is 22.1 Å². The van der Waals surface area contributed by atoms with Gasteiger partial charge >= 0.3 is 6.09 Å². The Morgan fingerprint density at radius 1 is 1.27 bits per heavy atom. The zero-order valence-corrected chi connectivity index (χ0v) is 15.9. The zero-order chi connectivity index (χ0) is 18.7. The Bertz CT molecular complexity index is 977. The summed E-state index contributed by atoms with van der Waals surface area (Å²) >= 11 is 5.60. The molecular formula is C18H16N4O2S2. The van der Waals surface area contributed by atoms with Crippen LogP contribution in [-0.2, 0) is 6.42 Å². The minimum absolute atomic E-state index is 0.145. The maximum absolute atomic E-state index is 12.7. The monoisotopic (exact) mass is 384 g/mol. The highest BCUT2D eigenvalue weighted by molar-refractivity contribution is 7.82. The highest BCUT2D eigenvalue weighted by Crippen LogP contribution is 2.26. The topological polar surface area (TPSA) is 79.1 Å². The summed E-state index contributed by atoms with van der Waals surface area (Å²) in [7, 11) is 0. The number of ether oxygens (including phenoxy) is 1. The van der Waals surface area contributed by atoms with E-state index in [0.717, 1.165) is 11.1 Å². The molecule has 0 radical (unpaired) electrons. The van der Waals surface area contributed by atoms with Gasteiger partial charge in [-0.25, -0.2) is 14.8 Å². The molecule has 3 rings (SSSR count). The van der Waals surface area contributed by atoms with Gasteiger partial charge in [0.25, 0.3) is 0 Å². The molecule has 3 aromatic rings. The largest absolute Gasteiger partial charge is 0.421 e. The van der Waals surface area contributed by atoms with Gasteiger partial charge in [-0.15, -0.1) is 12.6 Å². The van der Waals surface area contributed by atoms with Crippen molar-refractivity contribution in [3.05, 3.63) is 42.0 Å².